The Labute approximate surface area is 123 Å². The van der Waals surface area contributed by atoms with Crippen molar-refractivity contribution in [1.29, 1.82) is 0 Å². The van der Waals surface area contributed by atoms with Gasteiger partial charge in [-0.15, -0.1) is 0 Å². The van der Waals surface area contributed by atoms with Gasteiger partial charge in [-0.05, 0) is 25.3 Å². The molecule has 3 unspecified atom stereocenters. The number of aliphatic carboxylic acids is 1. The summed E-state index contributed by atoms with van der Waals surface area (Å²) in [6, 6.07) is -2.53. The van der Waals surface area contributed by atoms with Crippen LogP contribution in [0.25, 0.3) is 0 Å². The maximum atomic E-state index is 12.1. The van der Waals surface area contributed by atoms with Crippen LogP contribution in [0.3, 0.4) is 0 Å². The Hall–Kier alpha value is -1.67. The maximum Gasteiger partial charge on any atom is 0.328 e. The van der Waals surface area contributed by atoms with Gasteiger partial charge in [-0.2, -0.15) is 0 Å². The minimum atomic E-state index is -1.37. The zero-order valence-corrected chi connectivity index (χ0v) is 12.3. The molecule has 1 saturated heterocycles. The molecule has 0 aromatic heterocycles. The van der Waals surface area contributed by atoms with Crippen LogP contribution in [0.2, 0.25) is 0 Å². The third-order valence-corrected chi connectivity index (χ3v) is 3.42. The molecule has 3 atom stereocenters. The fraction of sp³-hybridized carbons (Fsp3) is 0.769. The van der Waals surface area contributed by atoms with Gasteiger partial charge in [-0.1, -0.05) is 13.8 Å². The molecule has 1 aliphatic rings. The quantitative estimate of drug-likeness (QED) is 0.387. The predicted molar refractivity (Wildman–Crippen MR) is 74.4 cm³/mol. The van der Waals surface area contributed by atoms with E-state index in [1.54, 1.807) is 13.8 Å². The number of rotatable bonds is 7. The second-order valence-electron chi connectivity index (χ2n) is 5.46. The molecule has 8 nitrogen and oxygen atoms in total. The van der Waals surface area contributed by atoms with Gasteiger partial charge in [-0.25, -0.2) is 4.79 Å². The Bertz CT molecular complexity index is 393. The van der Waals surface area contributed by atoms with Crippen molar-refractivity contribution < 1.29 is 24.6 Å². The molecule has 1 rings (SSSR count). The molecule has 0 spiro atoms. The standard InChI is InChI=1S/C13H23N3O5/c1-7(2)10(12(19)15-9(6-17)13(20)21)16-11(18)8-4-3-5-14-8/h7-10,14,17H,3-6H2,1-2H3,(H,15,19)(H,16,18)(H,20,21). The summed E-state index contributed by atoms with van der Waals surface area (Å²) in [5.74, 6) is -2.41. The first-order chi connectivity index (χ1) is 9.86. The topological polar surface area (TPSA) is 128 Å². The van der Waals surface area contributed by atoms with Gasteiger partial charge < -0.3 is 26.2 Å². The lowest BCUT2D eigenvalue weighted by atomic mass is 10.0. The highest BCUT2D eigenvalue weighted by Crippen LogP contribution is 2.08. The third-order valence-electron chi connectivity index (χ3n) is 3.42. The summed E-state index contributed by atoms with van der Waals surface area (Å²) in [5, 5.41) is 25.6. The molecule has 0 aromatic carbocycles. The molecule has 0 radical (unpaired) electrons. The van der Waals surface area contributed by atoms with Crippen LogP contribution in [0.5, 0.6) is 0 Å². The predicted octanol–water partition coefficient (Wildman–Crippen LogP) is -1.56. The molecule has 1 heterocycles. The van der Waals surface area contributed by atoms with E-state index >= 15 is 0 Å². The van der Waals surface area contributed by atoms with Crippen molar-refractivity contribution in [2.24, 2.45) is 5.92 Å². The largest absolute Gasteiger partial charge is 0.480 e. The monoisotopic (exact) mass is 301 g/mol. The van der Waals surface area contributed by atoms with Crippen molar-refractivity contribution in [2.75, 3.05) is 13.2 Å². The first kappa shape index (κ1) is 17.4. The number of aliphatic hydroxyl groups is 1. The average Bonchev–Trinajstić information content (AvgIpc) is 2.94. The van der Waals surface area contributed by atoms with E-state index in [9.17, 15) is 14.4 Å². The highest BCUT2D eigenvalue weighted by Gasteiger charge is 2.31. The molecule has 0 aliphatic carbocycles. The van der Waals surface area contributed by atoms with E-state index in [-0.39, 0.29) is 17.9 Å². The summed E-state index contributed by atoms with van der Waals surface area (Å²) in [4.78, 5) is 34.9. The van der Waals surface area contributed by atoms with Crippen molar-refractivity contribution in [3.8, 4) is 0 Å². The Balaban J connectivity index is 2.65. The number of hydrogen-bond donors (Lipinski definition) is 5. The van der Waals surface area contributed by atoms with Gasteiger partial charge in [0.25, 0.3) is 0 Å². The van der Waals surface area contributed by atoms with E-state index in [4.69, 9.17) is 10.2 Å². The van der Waals surface area contributed by atoms with Crippen LogP contribution in [-0.2, 0) is 14.4 Å². The molecule has 0 saturated carbocycles. The molecular weight excluding hydrogens is 278 g/mol. The van der Waals surface area contributed by atoms with E-state index in [1.807, 2.05) is 0 Å². The van der Waals surface area contributed by atoms with Crippen molar-refractivity contribution in [3.05, 3.63) is 0 Å². The van der Waals surface area contributed by atoms with Gasteiger partial charge in [0.15, 0.2) is 0 Å². The fourth-order valence-electron chi connectivity index (χ4n) is 2.14. The van der Waals surface area contributed by atoms with Crippen LogP contribution in [0, 0.1) is 5.92 Å². The van der Waals surface area contributed by atoms with Crippen LogP contribution in [0.15, 0.2) is 0 Å². The van der Waals surface area contributed by atoms with E-state index < -0.39 is 30.6 Å². The molecule has 8 heteroatoms. The summed E-state index contributed by atoms with van der Waals surface area (Å²) in [5.41, 5.74) is 0. The van der Waals surface area contributed by atoms with E-state index in [2.05, 4.69) is 16.0 Å². The minimum absolute atomic E-state index is 0.205. The smallest absolute Gasteiger partial charge is 0.328 e. The first-order valence-electron chi connectivity index (χ1n) is 7.04. The Morgan fingerprint density at radius 1 is 1.29 bits per heavy atom. The molecule has 1 aliphatic heterocycles. The summed E-state index contributed by atoms with van der Waals surface area (Å²) in [6.07, 6.45) is 1.62. The normalized spacial score (nSPS) is 20.9. The summed E-state index contributed by atoms with van der Waals surface area (Å²) in [7, 11) is 0. The first-order valence-corrected chi connectivity index (χ1v) is 7.04. The van der Waals surface area contributed by atoms with Gasteiger partial charge in [-0.3, -0.25) is 9.59 Å². The number of hydrogen-bond acceptors (Lipinski definition) is 5. The Kier molecular flexibility index (Phi) is 6.57. The van der Waals surface area contributed by atoms with Gasteiger partial charge in [0.2, 0.25) is 11.8 Å². The molecule has 21 heavy (non-hydrogen) atoms. The summed E-state index contributed by atoms with van der Waals surface area (Å²) >= 11 is 0. The third kappa shape index (κ3) is 4.98. The highest BCUT2D eigenvalue weighted by molar-refractivity contribution is 5.92. The second-order valence-corrected chi connectivity index (χ2v) is 5.46. The number of carboxylic acids is 1. The van der Waals surface area contributed by atoms with E-state index in [0.29, 0.717) is 6.42 Å². The van der Waals surface area contributed by atoms with Gasteiger partial charge in [0.1, 0.15) is 12.1 Å². The average molecular weight is 301 g/mol. The van der Waals surface area contributed by atoms with Crippen LogP contribution in [0.1, 0.15) is 26.7 Å². The van der Waals surface area contributed by atoms with Crippen LogP contribution in [-0.4, -0.2) is 59.3 Å². The van der Waals surface area contributed by atoms with Crippen LogP contribution in [0.4, 0.5) is 0 Å². The molecular formula is C13H23N3O5. The molecule has 120 valence electrons. The van der Waals surface area contributed by atoms with Crippen molar-refractivity contribution in [1.82, 2.24) is 16.0 Å². The summed E-state index contributed by atoms with van der Waals surface area (Å²) in [6.45, 7) is 3.56. The Morgan fingerprint density at radius 2 is 1.95 bits per heavy atom. The second kappa shape index (κ2) is 7.94. The summed E-state index contributed by atoms with van der Waals surface area (Å²) < 4.78 is 0. The lowest BCUT2D eigenvalue weighted by Gasteiger charge is -2.24. The SMILES string of the molecule is CC(C)C(NC(=O)C1CCCN1)C(=O)NC(CO)C(=O)O. The highest BCUT2D eigenvalue weighted by atomic mass is 16.4. The molecule has 5 N–H and O–H groups in total. The van der Waals surface area contributed by atoms with E-state index in [1.165, 1.54) is 0 Å². The molecule has 2 amide bonds. The number of carboxylic acid groups (broad SMARTS) is 1. The molecule has 0 aromatic rings. The van der Waals surface area contributed by atoms with Crippen molar-refractivity contribution >= 4 is 17.8 Å². The fourth-order valence-corrected chi connectivity index (χ4v) is 2.14. The lowest BCUT2D eigenvalue weighted by Crippen LogP contribution is -2.56. The van der Waals surface area contributed by atoms with E-state index in [0.717, 1.165) is 13.0 Å². The van der Waals surface area contributed by atoms with Gasteiger partial charge >= 0.3 is 5.97 Å². The van der Waals surface area contributed by atoms with Gasteiger partial charge in [0, 0.05) is 0 Å². The Morgan fingerprint density at radius 3 is 2.38 bits per heavy atom. The van der Waals surface area contributed by atoms with Crippen molar-refractivity contribution in [2.45, 2.75) is 44.8 Å². The lowest BCUT2D eigenvalue weighted by molar-refractivity contribution is -0.143. The minimum Gasteiger partial charge on any atom is -0.480 e. The van der Waals surface area contributed by atoms with Crippen LogP contribution < -0.4 is 16.0 Å². The zero-order chi connectivity index (χ0) is 16.0. The number of carbonyl (C=O) groups excluding carboxylic acids is 2. The number of aliphatic hydroxyl groups excluding tert-OH is 1. The number of nitrogens with one attached hydrogen (secondary N) is 3. The molecule has 1 fully saturated rings. The molecule has 0 bridgehead atoms. The number of amides is 2. The van der Waals surface area contributed by atoms with Crippen LogP contribution >= 0.6 is 0 Å². The maximum absolute atomic E-state index is 12.1. The number of carbonyl (C=O) groups is 3. The zero-order valence-electron chi connectivity index (χ0n) is 12.3. The van der Waals surface area contributed by atoms with Crippen molar-refractivity contribution in [3.63, 3.8) is 0 Å². The van der Waals surface area contributed by atoms with Gasteiger partial charge in [0.05, 0.1) is 12.6 Å².